The minimum Gasteiger partial charge on any atom is -0.374 e. The molecule has 1 aliphatic heterocycles. The van der Waals surface area contributed by atoms with E-state index < -0.39 is 0 Å². The van der Waals surface area contributed by atoms with Gasteiger partial charge in [0.2, 0.25) is 0 Å². The van der Waals surface area contributed by atoms with E-state index in [9.17, 15) is 0 Å². The van der Waals surface area contributed by atoms with Gasteiger partial charge in [0.1, 0.15) is 0 Å². The molecule has 0 aromatic carbocycles. The minimum atomic E-state index is 0.381. The lowest BCUT2D eigenvalue weighted by Crippen LogP contribution is -2.48. The van der Waals surface area contributed by atoms with E-state index in [1.165, 1.54) is 0 Å². The van der Waals surface area contributed by atoms with Crippen molar-refractivity contribution >= 4 is 0 Å². The van der Waals surface area contributed by atoms with Gasteiger partial charge in [0.05, 0.1) is 12.7 Å². The number of likely N-dealkylation sites (N-methyl/N-ethyl adjacent to an activating group) is 1. The molecule has 72 valence electrons. The topological polar surface area (TPSA) is 24.5 Å². The molecule has 1 unspecified atom stereocenters. The van der Waals surface area contributed by atoms with Gasteiger partial charge >= 0.3 is 0 Å². The Morgan fingerprint density at radius 1 is 1.58 bits per heavy atom. The summed E-state index contributed by atoms with van der Waals surface area (Å²) in [5.74, 6) is 0. The molecule has 0 spiro atoms. The minimum absolute atomic E-state index is 0.381. The number of hydrogen-bond acceptors (Lipinski definition) is 3. The fourth-order valence-electron chi connectivity index (χ4n) is 1.56. The van der Waals surface area contributed by atoms with Crippen LogP contribution in [0.3, 0.4) is 0 Å². The van der Waals surface area contributed by atoms with Gasteiger partial charge in [0.15, 0.2) is 0 Å². The van der Waals surface area contributed by atoms with Crippen molar-refractivity contribution in [1.29, 1.82) is 0 Å². The molecule has 0 amide bonds. The second-order valence-corrected chi connectivity index (χ2v) is 3.64. The summed E-state index contributed by atoms with van der Waals surface area (Å²) in [5.41, 5.74) is 0. The van der Waals surface area contributed by atoms with Crippen LogP contribution in [0.5, 0.6) is 0 Å². The molecule has 0 aromatic heterocycles. The van der Waals surface area contributed by atoms with Crippen molar-refractivity contribution < 1.29 is 4.74 Å². The van der Waals surface area contributed by atoms with Gasteiger partial charge in [0, 0.05) is 25.7 Å². The smallest absolute Gasteiger partial charge is 0.0826 e. The molecule has 12 heavy (non-hydrogen) atoms. The first-order valence-electron chi connectivity index (χ1n) is 4.74. The Bertz CT molecular complexity index is 126. The van der Waals surface area contributed by atoms with Crippen LogP contribution in [0.4, 0.5) is 0 Å². The molecular formula is C9H20N2O. The molecule has 3 nitrogen and oxygen atoms in total. The first-order valence-corrected chi connectivity index (χ1v) is 4.74. The lowest BCUT2D eigenvalue weighted by atomic mass is 10.2. The molecule has 0 aromatic rings. The summed E-state index contributed by atoms with van der Waals surface area (Å²) in [7, 11) is 1.97. The van der Waals surface area contributed by atoms with Crippen LogP contribution in [-0.2, 0) is 4.74 Å². The number of rotatable bonds is 3. The summed E-state index contributed by atoms with van der Waals surface area (Å²) in [6, 6.07) is 0.647. The van der Waals surface area contributed by atoms with Gasteiger partial charge in [-0.3, -0.25) is 4.90 Å². The maximum absolute atomic E-state index is 5.59. The predicted molar refractivity (Wildman–Crippen MR) is 50.4 cm³/mol. The number of ether oxygens (including phenoxy) is 1. The molecule has 0 bridgehead atoms. The summed E-state index contributed by atoms with van der Waals surface area (Å²) < 4.78 is 5.59. The molecule has 1 heterocycles. The molecule has 0 aliphatic carbocycles. The van der Waals surface area contributed by atoms with Crippen molar-refractivity contribution in [1.82, 2.24) is 10.2 Å². The lowest BCUT2D eigenvalue weighted by Gasteiger charge is -2.35. The standard InChI is InChI=1S/C9H20N2O/c1-8(2)11-4-5-12-9(7-11)6-10-3/h8-10H,4-7H2,1-3H3. The van der Waals surface area contributed by atoms with Gasteiger partial charge in [-0.15, -0.1) is 0 Å². The van der Waals surface area contributed by atoms with Crippen LogP contribution >= 0.6 is 0 Å². The highest BCUT2D eigenvalue weighted by Crippen LogP contribution is 2.07. The molecule has 1 fully saturated rings. The fourth-order valence-corrected chi connectivity index (χ4v) is 1.56. The van der Waals surface area contributed by atoms with E-state index in [1.54, 1.807) is 0 Å². The monoisotopic (exact) mass is 172 g/mol. The molecule has 0 radical (unpaired) electrons. The normalized spacial score (nSPS) is 26.5. The third kappa shape index (κ3) is 2.73. The average Bonchev–Trinajstić information content (AvgIpc) is 2.05. The van der Waals surface area contributed by atoms with Gasteiger partial charge < -0.3 is 10.1 Å². The predicted octanol–water partition coefficient (Wildman–Crippen LogP) is 0.315. The Labute approximate surface area is 75.1 Å². The van der Waals surface area contributed by atoms with Gasteiger partial charge in [-0.1, -0.05) is 0 Å². The van der Waals surface area contributed by atoms with E-state index in [0.717, 1.165) is 26.2 Å². The highest BCUT2D eigenvalue weighted by molar-refractivity contribution is 4.74. The molecule has 1 atom stereocenters. The van der Waals surface area contributed by atoms with Gasteiger partial charge in [-0.2, -0.15) is 0 Å². The van der Waals surface area contributed by atoms with Gasteiger partial charge in [-0.25, -0.2) is 0 Å². The maximum atomic E-state index is 5.59. The summed E-state index contributed by atoms with van der Waals surface area (Å²) in [6.07, 6.45) is 0.381. The Morgan fingerprint density at radius 3 is 2.92 bits per heavy atom. The van der Waals surface area contributed by atoms with Crippen molar-refractivity contribution in [3.05, 3.63) is 0 Å². The SMILES string of the molecule is CNCC1CN(C(C)C)CCO1. The van der Waals surface area contributed by atoms with E-state index in [4.69, 9.17) is 4.74 Å². The van der Waals surface area contributed by atoms with Crippen LogP contribution in [0.1, 0.15) is 13.8 Å². The Kier molecular flexibility index (Phi) is 3.98. The Morgan fingerprint density at radius 2 is 2.33 bits per heavy atom. The average molecular weight is 172 g/mol. The first-order chi connectivity index (χ1) is 5.74. The quantitative estimate of drug-likeness (QED) is 0.663. The van der Waals surface area contributed by atoms with Crippen LogP contribution < -0.4 is 5.32 Å². The summed E-state index contributed by atoms with van der Waals surface area (Å²) in [4.78, 5) is 2.46. The Balaban J connectivity index is 2.30. The van der Waals surface area contributed by atoms with E-state index in [2.05, 4.69) is 24.1 Å². The van der Waals surface area contributed by atoms with E-state index in [-0.39, 0.29) is 0 Å². The first kappa shape index (κ1) is 9.96. The maximum Gasteiger partial charge on any atom is 0.0826 e. The zero-order chi connectivity index (χ0) is 8.97. The van der Waals surface area contributed by atoms with E-state index in [1.807, 2.05) is 7.05 Å². The summed E-state index contributed by atoms with van der Waals surface area (Å²) in [5, 5.41) is 3.15. The van der Waals surface area contributed by atoms with Crippen molar-refractivity contribution in [2.75, 3.05) is 33.3 Å². The van der Waals surface area contributed by atoms with E-state index in [0.29, 0.717) is 12.1 Å². The Hall–Kier alpha value is -0.120. The number of nitrogens with one attached hydrogen (secondary N) is 1. The van der Waals surface area contributed by atoms with Crippen LogP contribution in [0, 0.1) is 0 Å². The van der Waals surface area contributed by atoms with Gasteiger partial charge in [0.25, 0.3) is 0 Å². The van der Waals surface area contributed by atoms with Crippen molar-refractivity contribution in [3.63, 3.8) is 0 Å². The number of morpholine rings is 1. The third-order valence-corrected chi connectivity index (χ3v) is 2.33. The molecule has 1 aliphatic rings. The van der Waals surface area contributed by atoms with Crippen molar-refractivity contribution in [3.8, 4) is 0 Å². The molecule has 1 rings (SSSR count). The summed E-state index contributed by atoms with van der Waals surface area (Å²) in [6.45, 7) is 8.47. The number of nitrogens with zero attached hydrogens (tertiary/aromatic N) is 1. The summed E-state index contributed by atoms with van der Waals surface area (Å²) >= 11 is 0. The molecule has 1 saturated heterocycles. The van der Waals surface area contributed by atoms with Crippen molar-refractivity contribution in [2.45, 2.75) is 26.0 Å². The van der Waals surface area contributed by atoms with Gasteiger partial charge in [-0.05, 0) is 20.9 Å². The lowest BCUT2D eigenvalue weighted by molar-refractivity contribution is -0.0363. The third-order valence-electron chi connectivity index (χ3n) is 2.33. The largest absolute Gasteiger partial charge is 0.374 e. The zero-order valence-corrected chi connectivity index (χ0v) is 8.34. The molecule has 3 heteroatoms. The van der Waals surface area contributed by atoms with Crippen LogP contribution in [0.2, 0.25) is 0 Å². The zero-order valence-electron chi connectivity index (χ0n) is 8.34. The van der Waals surface area contributed by atoms with Crippen molar-refractivity contribution in [2.24, 2.45) is 0 Å². The van der Waals surface area contributed by atoms with Crippen LogP contribution in [0.25, 0.3) is 0 Å². The second kappa shape index (κ2) is 4.80. The highest BCUT2D eigenvalue weighted by Gasteiger charge is 2.20. The van der Waals surface area contributed by atoms with Crippen LogP contribution in [-0.4, -0.2) is 50.3 Å². The van der Waals surface area contributed by atoms with Crippen LogP contribution in [0.15, 0.2) is 0 Å². The fraction of sp³-hybridized carbons (Fsp3) is 1.00. The molecule has 0 saturated carbocycles. The molecular weight excluding hydrogens is 152 g/mol. The highest BCUT2D eigenvalue weighted by atomic mass is 16.5. The van der Waals surface area contributed by atoms with E-state index >= 15 is 0 Å². The number of hydrogen-bond donors (Lipinski definition) is 1. The second-order valence-electron chi connectivity index (χ2n) is 3.64. The molecule has 1 N–H and O–H groups in total.